The summed E-state index contributed by atoms with van der Waals surface area (Å²) in [5.74, 6) is 0.450. The lowest BCUT2D eigenvalue weighted by Crippen LogP contribution is -2.45. The molecule has 114 valence electrons. The Morgan fingerprint density at radius 2 is 2.14 bits per heavy atom. The minimum absolute atomic E-state index is 0.0755. The number of thioether (sulfide) groups is 1. The Balaban J connectivity index is 1.39. The summed E-state index contributed by atoms with van der Waals surface area (Å²) in [6.07, 6.45) is 6.55. The third-order valence-corrected chi connectivity index (χ3v) is 5.44. The second-order valence-electron chi connectivity index (χ2n) is 5.69. The predicted molar refractivity (Wildman–Crippen MR) is 85.7 cm³/mol. The number of halogens is 1. The van der Waals surface area contributed by atoms with Crippen molar-refractivity contribution < 1.29 is 4.79 Å². The molecule has 0 bridgehead atoms. The van der Waals surface area contributed by atoms with Gasteiger partial charge in [-0.25, -0.2) is 4.98 Å². The van der Waals surface area contributed by atoms with Gasteiger partial charge >= 0.3 is 0 Å². The van der Waals surface area contributed by atoms with Crippen molar-refractivity contribution in [2.75, 3.05) is 18.8 Å². The second kappa shape index (κ2) is 6.99. The first kappa shape index (κ1) is 15.1. The lowest BCUT2D eigenvalue weighted by molar-refractivity contribution is -0.119. The van der Waals surface area contributed by atoms with E-state index in [4.69, 9.17) is 11.6 Å². The maximum absolute atomic E-state index is 12.0. The Hall–Kier alpha value is -0.780. The molecule has 1 aromatic heterocycles. The topological polar surface area (TPSA) is 45.2 Å². The van der Waals surface area contributed by atoms with Crippen molar-refractivity contribution >= 4 is 29.3 Å². The number of hydrogen-bond donors (Lipinski definition) is 1. The molecule has 0 atom stereocenters. The predicted octanol–water partition coefficient (Wildman–Crippen LogP) is 2.57. The van der Waals surface area contributed by atoms with Gasteiger partial charge in [-0.1, -0.05) is 23.4 Å². The van der Waals surface area contributed by atoms with Crippen LogP contribution in [-0.4, -0.2) is 46.7 Å². The summed E-state index contributed by atoms with van der Waals surface area (Å²) in [7, 11) is 0. The number of piperidine rings is 1. The van der Waals surface area contributed by atoms with Crippen molar-refractivity contribution in [1.82, 2.24) is 15.2 Å². The molecule has 1 N–H and O–H groups in total. The molecule has 0 unspecified atom stereocenters. The van der Waals surface area contributed by atoms with Crippen LogP contribution in [0.4, 0.5) is 0 Å². The number of carbonyl (C=O) groups is 1. The number of amides is 1. The zero-order valence-corrected chi connectivity index (χ0v) is 13.5. The fourth-order valence-electron chi connectivity index (χ4n) is 2.73. The molecule has 21 heavy (non-hydrogen) atoms. The van der Waals surface area contributed by atoms with Gasteiger partial charge in [-0.05, 0) is 37.8 Å². The molecular weight excluding hydrogens is 306 g/mol. The van der Waals surface area contributed by atoms with Gasteiger partial charge in [0.1, 0.15) is 5.03 Å². The van der Waals surface area contributed by atoms with Crippen molar-refractivity contribution in [1.29, 1.82) is 0 Å². The molecule has 1 saturated heterocycles. The van der Waals surface area contributed by atoms with Gasteiger partial charge in [0.05, 0.1) is 10.8 Å². The summed E-state index contributed by atoms with van der Waals surface area (Å²) in [4.78, 5) is 18.7. The van der Waals surface area contributed by atoms with Gasteiger partial charge in [0.15, 0.2) is 0 Å². The van der Waals surface area contributed by atoms with Crippen LogP contribution in [0, 0.1) is 0 Å². The number of nitrogens with one attached hydrogen (secondary N) is 1. The van der Waals surface area contributed by atoms with Gasteiger partial charge in [0, 0.05) is 31.4 Å². The van der Waals surface area contributed by atoms with Crippen molar-refractivity contribution in [2.24, 2.45) is 0 Å². The molecular formula is C15H20ClN3OS. The quantitative estimate of drug-likeness (QED) is 0.845. The monoisotopic (exact) mass is 325 g/mol. The molecule has 1 aliphatic heterocycles. The molecule has 2 fully saturated rings. The van der Waals surface area contributed by atoms with E-state index in [-0.39, 0.29) is 5.91 Å². The summed E-state index contributed by atoms with van der Waals surface area (Å²) >= 11 is 7.42. The summed E-state index contributed by atoms with van der Waals surface area (Å²) in [6, 6.07) is 4.75. The first-order valence-corrected chi connectivity index (χ1v) is 8.85. The fourth-order valence-corrected chi connectivity index (χ4v) is 3.71. The Labute approximate surface area is 134 Å². The van der Waals surface area contributed by atoms with Gasteiger partial charge in [0.2, 0.25) is 5.91 Å². The van der Waals surface area contributed by atoms with Crippen LogP contribution in [0.3, 0.4) is 0 Å². The lowest BCUT2D eigenvalue weighted by atomic mass is 10.1. The number of nitrogens with zero attached hydrogens (tertiary/aromatic N) is 2. The normalized spacial score (nSPS) is 20.4. The Kier molecular flexibility index (Phi) is 5.03. The molecule has 1 amide bonds. The zero-order chi connectivity index (χ0) is 14.7. The number of likely N-dealkylation sites (tertiary alicyclic amines) is 1. The number of pyridine rings is 1. The van der Waals surface area contributed by atoms with Gasteiger partial charge in [-0.15, -0.1) is 0 Å². The Morgan fingerprint density at radius 3 is 2.81 bits per heavy atom. The standard InChI is InChI=1S/C15H20ClN3OS/c16-13-2-1-7-17-15(13)21-10-14(20)18-11-5-8-19(9-6-11)12-3-4-12/h1-2,7,11-12H,3-6,8-10H2,(H,18,20). The average molecular weight is 326 g/mol. The molecule has 1 aromatic rings. The second-order valence-corrected chi connectivity index (χ2v) is 7.06. The molecule has 0 radical (unpaired) electrons. The van der Waals surface area contributed by atoms with E-state index in [2.05, 4.69) is 15.2 Å². The molecule has 1 aliphatic carbocycles. The third kappa shape index (κ3) is 4.34. The molecule has 2 aliphatic rings. The number of aromatic nitrogens is 1. The van der Waals surface area contributed by atoms with Crippen molar-refractivity contribution in [3.8, 4) is 0 Å². The molecule has 1 saturated carbocycles. The molecule has 6 heteroatoms. The first-order valence-electron chi connectivity index (χ1n) is 7.49. The van der Waals surface area contributed by atoms with Crippen molar-refractivity contribution in [3.63, 3.8) is 0 Å². The molecule has 4 nitrogen and oxygen atoms in total. The maximum atomic E-state index is 12.0. The molecule has 0 spiro atoms. The van der Waals surface area contributed by atoms with Crippen LogP contribution in [0.25, 0.3) is 0 Å². The average Bonchev–Trinajstić information content (AvgIpc) is 3.32. The largest absolute Gasteiger partial charge is 0.353 e. The highest BCUT2D eigenvalue weighted by Gasteiger charge is 2.32. The SMILES string of the molecule is O=C(CSc1ncccc1Cl)NC1CCN(C2CC2)CC1. The van der Waals surface area contributed by atoms with Gasteiger partial charge < -0.3 is 10.2 Å². The summed E-state index contributed by atoms with van der Waals surface area (Å²) in [5, 5.41) is 4.46. The van der Waals surface area contributed by atoms with Crippen LogP contribution >= 0.6 is 23.4 Å². The van der Waals surface area contributed by atoms with Gasteiger partial charge in [0.25, 0.3) is 0 Å². The van der Waals surface area contributed by atoms with E-state index in [9.17, 15) is 4.79 Å². The van der Waals surface area contributed by atoms with E-state index < -0.39 is 0 Å². The third-order valence-electron chi connectivity index (χ3n) is 4.02. The first-order chi connectivity index (χ1) is 10.2. The lowest BCUT2D eigenvalue weighted by Gasteiger charge is -2.32. The van der Waals surface area contributed by atoms with Gasteiger partial charge in [-0.3, -0.25) is 4.79 Å². The van der Waals surface area contributed by atoms with E-state index in [0.717, 1.165) is 37.0 Å². The minimum atomic E-state index is 0.0755. The number of rotatable bonds is 5. The highest BCUT2D eigenvalue weighted by molar-refractivity contribution is 8.00. The smallest absolute Gasteiger partial charge is 0.230 e. The van der Waals surface area contributed by atoms with E-state index in [1.807, 2.05) is 0 Å². The molecule has 2 heterocycles. The van der Waals surface area contributed by atoms with Crippen LogP contribution < -0.4 is 5.32 Å². The highest BCUT2D eigenvalue weighted by atomic mass is 35.5. The molecule has 0 aromatic carbocycles. The summed E-state index contributed by atoms with van der Waals surface area (Å²) in [6.45, 7) is 2.24. The maximum Gasteiger partial charge on any atom is 0.230 e. The minimum Gasteiger partial charge on any atom is -0.353 e. The summed E-state index contributed by atoms with van der Waals surface area (Å²) < 4.78 is 0. The number of hydrogen-bond acceptors (Lipinski definition) is 4. The van der Waals surface area contributed by atoms with Crippen molar-refractivity contribution in [2.45, 2.75) is 42.8 Å². The van der Waals surface area contributed by atoms with Crippen LogP contribution in [0.2, 0.25) is 5.02 Å². The van der Waals surface area contributed by atoms with Crippen LogP contribution in [-0.2, 0) is 4.79 Å². The van der Waals surface area contributed by atoms with E-state index in [1.165, 1.54) is 24.6 Å². The van der Waals surface area contributed by atoms with Crippen LogP contribution in [0.5, 0.6) is 0 Å². The van der Waals surface area contributed by atoms with E-state index in [1.54, 1.807) is 18.3 Å². The van der Waals surface area contributed by atoms with Gasteiger partial charge in [-0.2, -0.15) is 0 Å². The van der Waals surface area contributed by atoms with E-state index >= 15 is 0 Å². The van der Waals surface area contributed by atoms with Crippen LogP contribution in [0.15, 0.2) is 23.4 Å². The van der Waals surface area contributed by atoms with Crippen molar-refractivity contribution in [3.05, 3.63) is 23.4 Å². The summed E-state index contributed by atoms with van der Waals surface area (Å²) in [5.41, 5.74) is 0. The zero-order valence-electron chi connectivity index (χ0n) is 11.9. The van der Waals surface area contributed by atoms with Crippen LogP contribution in [0.1, 0.15) is 25.7 Å². The Bertz CT molecular complexity index is 501. The Morgan fingerprint density at radius 1 is 1.38 bits per heavy atom. The van der Waals surface area contributed by atoms with E-state index in [0.29, 0.717) is 16.8 Å². The molecule has 3 rings (SSSR count). The number of carbonyl (C=O) groups excluding carboxylic acids is 1. The fraction of sp³-hybridized carbons (Fsp3) is 0.600. The highest BCUT2D eigenvalue weighted by Crippen LogP contribution is 2.29.